The van der Waals surface area contributed by atoms with Gasteiger partial charge in [-0.2, -0.15) is 0 Å². The van der Waals surface area contributed by atoms with Crippen LogP contribution < -0.4 is 10.6 Å². The molecule has 3 rings (SSSR count). The Morgan fingerprint density at radius 3 is 2.81 bits per heavy atom. The standard InChI is InChI=1S/C17H16N2O2/c1-11-3-2-4-13(7-11)17(21)19-15-6-5-12-9-16(20)18-10-14(12)8-15/h2-8H,9-10H2,1H3,(H,18,20)(H,19,21). The maximum atomic E-state index is 12.2. The number of hydrogen-bond acceptors (Lipinski definition) is 2. The van der Waals surface area contributed by atoms with E-state index >= 15 is 0 Å². The molecule has 4 nitrogen and oxygen atoms in total. The van der Waals surface area contributed by atoms with Gasteiger partial charge >= 0.3 is 0 Å². The number of carbonyl (C=O) groups excluding carboxylic acids is 2. The molecule has 0 aliphatic carbocycles. The summed E-state index contributed by atoms with van der Waals surface area (Å²) in [5, 5.41) is 5.70. The van der Waals surface area contributed by atoms with Crippen molar-refractivity contribution in [3.05, 3.63) is 64.7 Å². The number of fused-ring (bicyclic) bond motifs is 1. The van der Waals surface area contributed by atoms with Crippen LogP contribution in [0.5, 0.6) is 0 Å². The van der Waals surface area contributed by atoms with E-state index in [1.54, 1.807) is 6.07 Å². The van der Waals surface area contributed by atoms with Gasteiger partial charge in [0.15, 0.2) is 0 Å². The Morgan fingerprint density at radius 1 is 1.14 bits per heavy atom. The van der Waals surface area contributed by atoms with Crippen molar-refractivity contribution in [3.8, 4) is 0 Å². The highest BCUT2D eigenvalue weighted by Crippen LogP contribution is 2.20. The van der Waals surface area contributed by atoms with Crippen molar-refractivity contribution in [2.45, 2.75) is 19.9 Å². The maximum Gasteiger partial charge on any atom is 0.255 e. The van der Waals surface area contributed by atoms with Crippen molar-refractivity contribution < 1.29 is 9.59 Å². The molecular weight excluding hydrogens is 264 g/mol. The fraction of sp³-hybridized carbons (Fsp3) is 0.176. The second-order valence-corrected chi connectivity index (χ2v) is 5.26. The zero-order valence-corrected chi connectivity index (χ0v) is 11.8. The topological polar surface area (TPSA) is 58.2 Å². The van der Waals surface area contributed by atoms with E-state index in [0.717, 1.165) is 22.4 Å². The Balaban J connectivity index is 1.79. The van der Waals surface area contributed by atoms with Gasteiger partial charge in [-0.1, -0.05) is 23.8 Å². The number of anilines is 1. The third-order valence-electron chi connectivity index (χ3n) is 3.57. The molecule has 0 saturated carbocycles. The predicted molar refractivity (Wildman–Crippen MR) is 81.1 cm³/mol. The van der Waals surface area contributed by atoms with Crippen molar-refractivity contribution in [1.29, 1.82) is 0 Å². The fourth-order valence-electron chi connectivity index (χ4n) is 2.46. The average molecular weight is 280 g/mol. The van der Waals surface area contributed by atoms with E-state index in [1.165, 1.54) is 0 Å². The van der Waals surface area contributed by atoms with Crippen LogP contribution in [0.1, 0.15) is 27.0 Å². The molecule has 1 heterocycles. The first-order valence-corrected chi connectivity index (χ1v) is 6.88. The van der Waals surface area contributed by atoms with E-state index < -0.39 is 0 Å². The van der Waals surface area contributed by atoms with E-state index in [9.17, 15) is 9.59 Å². The molecule has 0 bridgehead atoms. The predicted octanol–water partition coefficient (Wildman–Crippen LogP) is 2.42. The van der Waals surface area contributed by atoms with Gasteiger partial charge in [0.2, 0.25) is 5.91 Å². The molecular formula is C17H16N2O2. The van der Waals surface area contributed by atoms with Gasteiger partial charge in [-0.05, 0) is 42.3 Å². The number of hydrogen-bond donors (Lipinski definition) is 2. The van der Waals surface area contributed by atoms with E-state index in [0.29, 0.717) is 18.5 Å². The van der Waals surface area contributed by atoms with Crippen LogP contribution >= 0.6 is 0 Å². The van der Waals surface area contributed by atoms with E-state index in [1.807, 2.05) is 43.3 Å². The molecule has 2 amide bonds. The van der Waals surface area contributed by atoms with Crippen molar-refractivity contribution >= 4 is 17.5 Å². The summed E-state index contributed by atoms with van der Waals surface area (Å²) >= 11 is 0. The number of benzene rings is 2. The van der Waals surface area contributed by atoms with E-state index in [2.05, 4.69) is 10.6 Å². The van der Waals surface area contributed by atoms with Gasteiger partial charge in [0.1, 0.15) is 0 Å². The zero-order valence-electron chi connectivity index (χ0n) is 11.8. The third kappa shape index (κ3) is 2.94. The summed E-state index contributed by atoms with van der Waals surface area (Å²) in [5.74, 6) is -0.0856. The van der Waals surface area contributed by atoms with Crippen molar-refractivity contribution in [2.24, 2.45) is 0 Å². The second kappa shape index (κ2) is 5.40. The van der Waals surface area contributed by atoms with Crippen molar-refractivity contribution in [3.63, 3.8) is 0 Å². The molecule has 21 heavy (non-hydrogen) atoms. The highest BCUT2D eigenvalue weighted by molar-refractivity contribution is 6.04. The molecule has 0 fully saturated rings. The van der Waals surface area contributed by atoms with Crippen LogP contribution in [0.4, 0.5) is 5.69 Å². The lowest BCUT2D eigenvalue weighted by Gasteiger charge is -2.17. The molecule has 106 valence electrons. The lowest BCUT2D eigenvalue weighted by Crippen LogP contribution is -2.30. The van der Waals surface area contributed by atoms with Gasteiger partial charge < -0.3 is 10.6 Å². The van der Waals surface area contributed by atoms with Crippen LogP contribution in [0.25, 0.3) is 0 Å². The van der Waals surface area contributed by atoms with Crippen molar-refractivity contribution in [2.75, 3.05) is 5.32 Å². The number of amides is 2. The van der Waals surface area contributed by atoms with Gasteiger partial charge in [-0.15, -0.1) is 0 Å². The molecule has 1 aliphatic heterocycles. The summed E-state index contributed by atoms with van der Waals surface area (Å²) in [6.45, 7) is 2.47. The van der Waals surface area contributed by atoms with Crippen LogP contribution in [-0.4, -0.2) is 11.8 Å². The van der Waals surface area contributed by atoms with Gasteiger partial charge in [0, 0.05) is 17.8 Å². The molecule has 0 aromatic heterocycles. The van der Waals surface area contributed by atoms with Crippen LogP contribution in [0.3, 0.4) is 0 Å². The molecule has 0 unspecified atom stereocenters. The van der Waals surface area contributed by atoms with Gasteiger partial charge in [0.05, 0.1) is 6.42 Å². The minimum absolute atomic E-state index is 0.0408. The Kier molecular flexibility index (Phi) is 3.44. The third-order valence-corrected chi connectivity index (χ3v) is 3.57. The normalized spacial score (nSPS) is 13.3. The first-order chi connectivity index (χ1) is 10.1. The molecule has 2 aromatic rings. The lowest BCUT2D eigenvalue weighted by molar-refractivity contribution is -0.121. The minimum Gasteiger partial charge on any atom is -0.352 e. The van der Waals surface area contributed by atoms with Crippen LogP contribution in [-0.2, 0) is 17.8 Å². The molecule has 0 spiro atoms. The molecule has 0 radical (unpaired) electrons. The first kappa shape index (κ1) is 13.4. The number of carbonyl (C=O) groups is 2. The fourth-order valence-corrected chi connectivity index (χ4v) is 2.46. The summed E-state index contributed by atoms with van der Waals surface area (Å²) in [7, 11) is 0. The number of nitrogens with one attached hydrogen (secondary N) is 2. The molecule has 0 saturated heterocycles. The molecule has 4 heteroatoms. The Labute approximate surface area is 123 Å². The Morgan fingerprint density at radius 2 is 2.00 bits per heavy atom. The van der Waals surface area contributed by atoms with Crippen LogP contribution in [0, 0.1) is 6.92 Å². The summed E-state index contributed by atoms with van der Waals surface area (Å²) in [5.41, 5.74) is 4.51. The van der Waals surface area contributed by atoms with Gasteiger partial charge in [-0.25, -0.2) is 0 Å². The highest BCUT2D eigenvalue weighted by Gasteiger charge is 2.15. The van der Waals surface area contributed by atoms with E-state index in [-0.39, 0.29) is 11.8 Å². The quantitative estimate of drug-likeness (QED) is 0.887. The minimum atomic E-state index is -0.126. The second-order valence-electron chi connectivity index (χ2n) is 5.26. The monoisotopic (exact) mass is 280 g/mol. The molecule has 1 aliphatic rings. The average Bonchev–Trinajstić information content (AvgIpc) is 2.47. The maximum absolute atomic E-state index is 12.2. The molecule has 2 aromatic carbocycles. The summed E-state index contributed by atoms with van der Waals surface area (Å²) in [6.07, 6.45) is 0.404. The van der Waals surface area contributed by atoms with Gasteiger partial charge in [-0.3, -0.25) is 9.59 Å². The van der Waals surface area contributed by atoms with Gasteiger partial charge in [0.25, 0.3) is 5.91 Å². The SMILES string of the molecule is Cc1cccc(C(=O)Nc2ccc3c(c2)CNC(=O)C3)c1. The molecule has 2 N–H and O–H groups in total. The highest BCUT2D eigenvalue weighted by atomic mass is 16.2. The number of rotatable bonds is 2. The largest absolute Gasteiger partial charge is 0.352 e. The summed E-state index contributed by atoms with van der Waals surface area (Å²) in [6, 6.07) is 13.1. The summed E-state index contributed by atoms with van der Waals surface area (Å²) in [4.78, 5) is 23.5. The van der Waals surface area contributed by atoms with Crippen LogP contribution in [0.2, 0.25) is 0 Å². The number of aryl methyl sites for hydroxylation is 1. The van der Waals surface area contributed by atoms with E-state index in [4.69, 9.17) is 0 Å². The lowest BCUT2D eigenvalue weighted by atomic mass is 10.00. The van der Waals surface area contributed by atoms with Crippen molar-refractivity contribution in [1.82, 2.24) is 5.32 Å². The smallest absolute Gasteiger partial charge is 0.255 e. The zero-order chi connectivity index (χ0) is 14.8. The molecule has 0 atom stereocenters. The first-order valence-electron chi connectivity index (χ1n) is 6.88. The van der Waals surface area contributed by atoms with Crippen LogP contribution in [0.15, 0.2) is 42.5 Å². The Hall–Kier alpha value is -2.62. The Bertz CT molecular complexity index is 722. The summed E-state index contributed by atoms with van der Waals surface area (Å²) < 4.78 is 0.